The first-order chi connectivity index (χ1) is 11.0. The minimum absolute atomic E-state index is 0.0147. The lowest BCUT2D eigenvalue weighted by molar-refractivity contribution is -0.114. The number of rotatable bonds is 2. The summed E-state index contributed by atoms with van der Waals surface area (Å²) < 4.78 is 15.6. The number of carbonyl (C=O) groups is 1. The van der Waals surface area contributed by atoms with Crippen LogP contribution in [0.2, 0.25) is 0 Å². The minimum atomic E-state index is -0.605. The fourth-order valence-corrected chi connectivity index (χ4v) is 2.43. The normalized spacial score (nSPS) is 10.5. The second kappa shape index (κ2) is 5.50. The molecular weight excluding hydrogens is 297 g/mol. The van der Waals surface area contributed by atoms with Crippen molar-refractivity contribution in [1.29, 1.82) is 5.26 Å². The summed E-state index contributed by atoms with van der Waals surface area (Å²) in [4.78, 5) is 15.4. The quantitative estimate of drug-likeness (QED) is 0.789. The number of fused-ring (bicyclic) bond motifs is 1. The summed E-state index contributed by atoms with van der Waals surface area (Å²) in [6.45, 7) is 3.18. The van der Waals surface area contributed by atoms with Gasteiger partial charge in [-0.2, -0.15) is 10.4 Å². The van der Waals surface area contributed by atoms with Crippen molar-refractivity contribution in [3.8, 4) is 17.3 Å². The van der Waals surface area contributed by atoms with Crippen molar-refractivity contribution in [1.82, 2.24) is 14.6 Å². The van der Waals surface area contributed by atoms with Gasteiger partial charge in [0, 0.05) is 24.2 Å². The SMILES string of the molecule is CC(=O)Nc1cc(-c2cc(F)c(C#N)cc2C)n2ncnc2c1. The van der Waals surface area contributed by atoms with Crippen LogP contribution in [0.25, 0.3) is 16.9 Å². The summed E-state index contributed by atoms with van der Waals surface area (Å²) in [5.41, 5.74) is 2.92. The average molecular weight is 309 g/mol. The van der Waals surface area contributed by atoms with Crippen LogP contribution >= 0.6 is 0 Å². The molecule has 3 aromatic rings. The molecule has 7 heteroatoms. The molecule has 0 unspecified atom stereocenters. The maximum atomic E-state index is 14.0. The molecule has 1 N–H and O–H groups in total. The molecule has 0 aliphatic carbocycles. The molecule has 0 aliphatic rings. The van der Waals surface area contributed by atoms with Gasteiger partial charge in [0.1, 0.15) is 18.2 Å². The van der Waals surface area contributed by atoms with E-state index in [0.717, 1.165) is 5.56 Å². The predicted molar refractivity (Wildman–Crippen MR) is 82.1 cm³/mol. The topological polar surface area (TPSA) is 83.1 Å². The fraction of sp³-hybridized carbons (Fsp3) is 0.125. The molecule has 114 valence electrons. The van der Waals surface area contributed by atoms with E-state index in [9.17, 15) is 9.18 Å². The Hall–Kier alpha value is -3.27. The van der Waals surface area contributed by atoms with E-state index < -0.39 is 5.82 Å². The summed E-state index contributed by atoms with van der Waals surface area (Å²) in [5, 5.41) is 15.7. The number of aromatic nitrogens is 3. The van der Waals surface area contributed by atoms with E-state index in [2.05, 4.69) is 15.4 Å². The zero-order chi connectivity index (χ0) is 16.6. The summed E-state index contributed by atoms with van der Waals surface area (Å²) in [7, 11) is 0. The molecule has 2 aromatic heterocycles. The Morgan fingerprint density at radius 3 is 2.83 bits per heavy atom. The zero-order valence-electron chi connectivity index (χ0n) is 12.5. The van der Waals surface area contributed by atoms with Crippen LogP contribution in [0.15, 0.2) is 30.6 Å². The predicted octanol–water partition coefficient (Wildman–Crippen LogP) is 2.67. The van der Waals surface area contributed by atoms with Crippen LogP contribution in [-0.2, 0) is 4.79 Å². The molecule has 23 heavy (non-hydrogen) atoms. The van der Waals surface area contributed by atoms with Crippen LogP contribution in [0.3, 0.4) is 0 Å². The van der Waals surface area contributed by atoms with Crippen molar-refractivity contribution in [2.75, 3.05) is 5.32 Å². The Morgan fingerprint density at radius 1 is 1.35 bits per heavy atom. The molecule has 0 aliphatic heterocycles. The molecule has 2 heterocycles. The Bertz CT molecular complexity index is 970. The third kappa shape index (κ3) is 2.62. The van der Waals surface area contributed by atoms with Gasteiger partial charge in [-0.15, -0.1) is 0 Å². The van der Waals surface area contributed by atoms with Gasteiger partial charge in [-0.25, -0.2) is 13.9 Å². The number of anilines is 1. The van der Waals surface area contributed by atoms with Crippen molar-refractivity contribution < 1.29 is 9.18 Å². The monoisotopic (exact) mass is 309 g/mol. The Kier molecular flexibility index (Phi) is 3.50. The van der Waals surface area contributed by atoms with Crippen molar-refractivity contribution in [3.63, 3.8) is 0 Å². The minimum Gasteiger partial charge on any atom is -0.326 e. The smallest absolute Gasteiger partial charge is 0.221 e. The zero-order valence-corrected chi connectivity index (χ0v) is 12.5. The first-order valence-corrected chi connectivity index (χ1v) is 6.81. The van der Waals surface area contributed by atoms with E-state index >= 15 is 0 Å². The first kappa shape index (κ1) is 14.7. The van der Waals surface area contributed by atoms with Gasteiger partial charge >= 0.3 is 0 Å². The molecular formula is C16H12FN5O. The van der Waals surface area contributed by atoms with Crippen LogP contribution in [0.4, 0.5) is 10.1 Å². The highest BCUT2D eigenvalue weighted by molar-refractivity contribution is 5.90. The summed E-state index contributed by atoms with van der Waals surface area (Å²) >= 11 is 0. The lowest BCUT2D eigenvalue weighted by atomic mass is 10.0. The van der Waals surface area contributed by atoms with Gasteiger partial charge in [-0.1, -0.05) is 0 Å². The van der Waals surface area contributed by atoms with Crippen LogP contribution in [-0.4, -0.2) is 20.5 Å². The van der Waals surface area contributed by atoms with Crippen molar-refractivity contribution >= 4 is 17.2 Å². The molecule has 0 bridgehead atoms. The van der Waals surface area contributed by atoms with Gasteiger partial charge in [-0.3, -0.25) is 4.79 Å². The van der Waals surface area contributed by atoms with Crippen LogP contribution in [0, 0.1) is 24.1 Å². The number of halogens is 1. The molecule has 1 aromatic carbocycles. The summed E-state index contributed by atoms with van der Waals surface area (Å²) in [6.07, 6.45) is 1.38. The molecule has 1 amide bonds. The number of hydrogen-bond acceptors (Lipinski definition) is 4. The standard InChI is InChI=1S/C16H12FN5O/c1-9-3-11(7-18)14(17)6-13(9)15-4-12(21-10(2)23)5-16-19-8-20-22(15)16/h3-6,8H,1-2H3,(H,21,23). The highest BCUT2D eigenvalue weighted by Crippen LogP contribution is 2.28. The summed E-state index contributed by atoms with van der Waals surface area (Å²) in [6, 6.07) is 7.96. The van der Waals surface area contributed by atoms with E-state index in [1.165, 1.54) is 25.4 Å². The number of nitrogens with zero attached hydrogens (tertiary/aromatic N) is 4. The van der Waals surface area contributed by atoms with Crippen molar-refractivity contribution in [3.05, 3.63) is 47.5 Å². The van der Waals surface area contributed by atoms with Crippen molar-refractivity contribution in [2.24, 2.45) is 0 Å². The lowest BCUT2D eigenvalue weighted by Crippen LogP contribution is -2.07. The van der Waals surface area contributed by atoms with Gasteiger partial charge in [0.05, 0.1) is 11.3 Å². The van der Waals surface area contributed by atoms with Crippen LogP contribution in [0.5, 0.6) is 0 Å². The van der Waals surface area contributed by atoms with E-state index in [4.69, 9.17) is 5.26 Å². The highest BCUT2D eigenvalue weighted by Gasteiger charge is 2.14. The van der Waals surface area contributed by atoms with Gasteiger partial charge in [0.2, 0.25) is 5.91 Å². The molecule has 0 fully saturated rings. The molecule has 0 atom stereocenters. The van der Waals surface area contributed by atoms with Crippen LogP contribution in [0.1, 0.15) is 18.1 Å². The third-order valence-electron chi connectivity index (χ3n) is 3.41. The maximum absolute atomic E-state index is 14.0. The molecule has 6 nitrogen and oxygen atoms in total. The number of pyridine rings is 1. The third-order valence-corrected chi connectivity index (χ3v) is 3.41. The number of hydrogen-bond donors (Lipinski definition) is 1. The maximum Gasteiger partial charge on any atom is 0.221 e. The van der Waals surface area contributed by atoms with E-state index in [-0.39, 0.29) is 11.5 Å². The van der Waals surface area contributed by atoms with Gasteiger partial charge in [-0.05, 0) is 30.7 Å². The first-order valence-electron chi connectivity index (χ1n) is 6.81. The second-order valence-electron chi connectivity index (χ2n) is 5.10. The van der Waals surface area contributed by atoms with E-state index in [1.54, 1.807) is 23.6 Å². The number of benzene rings is 1. The number of aryl methyl sites for hydroxylation is 1. The molecule has 0 saturated carbocycles. The van der Waals surface area contributed by atoms with Gasteiger partial charge < -0.3 is 5.32 Å². The van der Waals surface area contributed by atoms with Gasteiger partial charge in [0.25, 0.3) is 0 Å². The molecule has 0 spiro atoms. The highest BCUT2D eigenvalue weighted by atomic mass is 19.1. The van der Waals surface area contributed by atoms with E-state index in [0.29, 0.717) is 22.6 Å². The van der Waals surface area contributed by atoms with Crippen LogP contribution < -0.4 is 5.32 Å². The fourth-order valence-electron chi connectivity index (χ4n) is 2.43. The largest absolute Gasteiger partial charge is 0.326 e. The Labute approximate surface area is 131 Å². The molecule has 3 rings (SSSR count). The van der Waals surface area contributed by atoms with Gasteiger partial charge in [0.15, 0.2) is 5.65 Å². The average Bonchev–Trinajstić information content (AvgIpc) is 2.96. The van der Waals surface area contributed by atoms with E-state index in [1.807, 2.05) is 6.07 Å². The second-order valence-corrected chi connectivity index (χ2v) is 5.10. The number of carbonyl (C=O) groups excluding carboxylic acids is 1. The number of nitrogens with one attached hydrogen (secondary N) is 1. The number of nitriles is 1. The Balaban J connectivity index is 2.27. The molecule has 0 saturated heterocycles. The lowest BCUT2D eigenvalue weighted by Gasteiger charge is -2.11. The Morgan fingerprint density at radius 2 is 2.13 bits per heavy atom. The number of amides is 1. The van der Waals surface area contributed by atoms with Crippen molar-refractivity contribution in [2.45, 2.75) is 13.8 Å². The molecule has 0 radical (unpaired) electrons. The summed E-state index contributed by atoms with van der Waals surface area (Å²) in [5.74, 6) is -0.825.